The van der Waals surface area contributed by atoms with Crippen LogP contribution >= 0.6 is 27.5 Å². The second kappa shape index (κ2) is 12.8. The number of rotatable bonds is 11. The molecule has 38 heavy (non-hydrogen) atoms. The van der Waals surface area contributed by atoms with Crippen molar-refractivity contribution in [3.05, 3.63) is 69.4 Å². The summed E-state index contributed by atoms with van der Waals surface area (Å²) in [7, 11) is 0. The van der Waals surface area contributed by atoms with Crippen molar-refractivity contribution in [3.63, 3.8) is 0 Å². The van der Waals surface area contributed by atoms with E-state index in [1.807, 2.05) is 0 Å². The maximum absolute atomic E-state index is 13.1. The van der Waals surface area contributed by atoms with Gasteiger partial charge in [0.1, 0.15) is 21.8 Å². The number of carbonyl (C=O) groups excluding carboxylic acids is 1. The van der Waals surface area contributed by atoms with Gasteiger partial charge in [-0.15, -0.1) is 13.2 Å². The number of benzene rings is 2. The zero-order valence-electron chi connectivity index (χ0n) is 19.8. The molecule has 2 aromatic carbocycles. The number of alkyl halides is 3. The largest absolute Gasteiger partial charge is 0.573 e. The normalized spacial score (nSPS) is 15.4. The minimum atomic E-state index is -4.86. The van der Waals surface area contributed by atoms with Gasteiger partial charge in [-0.25, -0.2) is 0 Å². The first-order chi connectivity index (χ1) is 18.2. The van der Waals surface area contributed by atoms with E-state index >= 15 is 0 Å². The second-order valence-electron chi connectivity index (χ2n) is 8.01. The van der Waals surface area contributed by atoms with Gasteiger partial charge < -0.3 is 24.3 Å². The third kappa shape index (κ3) is 8.08. The highest BCUT2D eigenvalue weighted by atomic mass is 79.9. The summed E-state index contributed by atoms with van der Waals surface area (Å²) in [5.41, 5.74) is 0.948. The maximum Gasteiger partial charge on any atom is 0.573 e. The number of hydrogen-bond donors (Lipinski definition) is 2. The van der Waals surface area contributed by atoms with Crippen molar-refractivity contribution in [1.82, 2.24) is 20.2 Å². The number of aromatic nitrogens is 2. The summed E-state index contributed by atoms with van der Waals surface area (Å²) < 4.78 is 60.2. The monoisotopic (exact) mass is 618 g/mol. The topological polar surface area (TPSA) is 95.9 Å². The molecule has 1 aliphatic heterocycles. The van der Waals surface area contributed by atoms with Crippen LogP contribution in [0.5, 0.6) is 17.5 Å². The summed E-state index contributed by atoms with van der Waals surface area (Å²) in [5.74, 6) is -0.852. The summed E-state index contributed by atoms with van der Waals surface area (Å²) in [6, 6.07) is 11.9. The smallest absolute Gasteiger partial charge is 0.425 e. The van der Waals surface area contributed by atoms with Crippen molar-refractivity contribution in [2.45, 2.75) is 25.7 Å². The van der Waals surface area contributed by atoms with Crippen molar-refractivity contribution in [2.24, 2.45) is 0 Å². The number of nitrogens with zero attached hydrogens (tertiary/aromatic N) is 2. The summed E-state index contributed by atoms with van der Waals surface area (Å²) in [6.45, 7) is 2.15. The van der Waals surface area contributed by atoms with Crippen LogP contribution in [-0.2, 0) is 16.0 Å². The highest BCUT2D eigenvalue weighted by molar-refractivity contribution is 9.10. The number of ether oxygens (including phenoxy) is 4. The fraction of sp³-hybridized carbons (Fsp3) is 0.333. The lowest BCUT2D eigenvalue weighted by Gasteiger charge is -2.14. The Labute approximate surface area is 229 Å². The fourth-order valence-corrected chi connectivity index (χ4v) is 4.19. The predicted octanol–water partition coefficient (Wildman–Crippen LogP) is 5.08. The number of amides is 1. The molecule has 1 aromatic heterocycles. The number of imidazole rings is 1. The van der Waals surface area contributed by atoms with Crippen molar-refractivity contribution < 1.29 is 36.9 Å². The Hall–Kier alpha value is -2.84. The van der Waals surface area contributed by atoms with Crippen LogP contribution in [0.15, 0.2) is 53.1 Å². The number of hydrogen-bond acceptors (Lipinski definition) is 7. The molecule has 1 unspecified atom stereocenters. The Morgan fingerprint density at radius 2 is 2.00 bits per heavy atom. The lowest BCUT2D eigenvalue weighted by atomic mass is 10.2. The first-order valence-electron chi connectivity index (χ1n) is 11.5. The Kier molecular flexibility index (Phi) is 9.49. The van der Waals surface area contributed by atoms with Gasteiger partial charge in [0.15, 0.2) is 0 Å². The van der Waals surface area contributed by atoms with Gasteiger partial charge in [0, 0.05) is 24.2 Å². The first kappa shape index (κ1) is 28.2. The third-order valence-corrected chi connectivity index (χ3v) is 5.97. The molecule has 1 amide bonds. The van der Waals surface area contributed by atoms with Gasteiger partial charge in [-0.2, -0.15) is 4.98 Å². The predicted molar refractivity (Wildman–Crippen MR) is 134 cm³/mol. The van der Waals surface area contributed by atoms with Crippen LogP contribution in [0, 0.1) is 0 Å². The molecule has 3 aromatic rings. The highest BCUT2D eigenvalue weighted by Gasteiger charge is 2.31. The molecular formula is C24H23BrClF3N4O5. The molecule has 1 fully saturated rings. The third-order valence-electron chi connectivity index (χ3n) is 5.17. The van der Waals surface area contributed by atoms with Crippen molar-refractivity contribution in [1.29, 1.82) is 0 Å². The van der Waals surface area contributed by atoms with Gasteiger partial charge in [0.2, 0.25) is 6.41 Å². The standard InChI is InChI=1S/C24H23BrClF3N4O5/c25-20-19(21(34)30-9-2-11-35-23-31-10-12-36-23)33(14-15-5-7-16(26)8-6-15)22(32-20)37-17-3-1-4-18(13-17)38-24(27,28)29/h1,3-8,13,23,31H,2,9-12,14H2,(H,30,34). The van der Waals surface area contributed by atoms with Crippen LogP contribution in [0.2, 0.25) is 5.02 Å². The summed E-state index contributed by atoms with van der Waals surface area (Å²) in [4.78, 5) is 17.4. The zero-order valence-corrected chi connectivity index (χ0v) is 22.1. The van der Waals surface area contributed by atoms with E-state index in [2.05, 4.69) is 36.3 Å². The molecule has 2 heterocycles. The molecule has 0 saturated carbocycles. The average molecular weight is 620 g/mol. The van der Waals surface area contributed by atoms with E-state index in [-0.39, 0.29) is 28.6 Å². The molecule has 204 valence electrons. The second-order valence-corrected chi connectivity index (χ2v) is 9.20. The lowest BCUT2D eigenvalue weighted by molar-refractivity contribution is -0.274. The van der Waals surface area contributed by atoms with Gasteiger partial charge in [-0.3, -0.25) is 14.7 Å². The van der Waals surface area contributed by atoms with Crippen molar-refractivity contribution in [2.75, 3.05) is 26.3 Å². The number of carbonyl (C=O) groups is 1. The Morgan fingerprint density at radius 3 is 2.71 bits per heavy atom. The van der Waals surface area contributed by atoms with Gasteiger partial charge in [0.05, 0.1) is 19.8 Å². The molecule has 9 nitrogen and oxygen atoms in total. The van der Waals surface area contributed by atoms with Gasteiger partial charge >= 0.3 is 12.4 Å². The van der Waals surface area contributed by atoms with E-state index in [0.29, 0.717) is 31.2 Å². The van der Waals surface area contributed by atoms with E-state index in [1.54, 1.807) is 24.3 Å². The first-order valence-corrected chi connectivity index (χ1v) is 12.6. The highest BCUT2D eigenvalue weighted by Crippen LogP contribution is 2.31. The van der Waals surface area contributed by atoms with E-state index < -0.39 is 24.4 Å². The molecule has 1 saturated heterocycles. The molecule has 2 N–H and O–H groups in total. The lowest BCUT2D eigenvalue weighted by Crippen LogP contribution is -2.30. The summed E-state index contributed by atoms with van der Waals surface area (Å²) in [5, 5.41) is 6.38. The van der Waals surface area contributed by atoms with E-state index in [0.717, 1.165) is 24.2 Å². The molecule has 1 atom stereocenters. The number of halogens is 5. The van der Waals surface area contributed by atoms with Crippen molar-refractivity contribution in [3.8, 4) is 17.5 Å². The summed E-state index contributed by atoms with van der Waals surface area (Å²) >= 11 is 9.31. The fourth-order valence-electron chi connectivity index (χ4n) is 3.51. The van der Waals surface area contributed by atoms with Gasteiger partial charge in [-0.1, -0.05) is 29.8 Å². The SMILES string of the molecule is O=C(NCCCOC1NCCO1)c1c(Br)nc(Oc2cccc(OC(F)(F)F)c2)n1Cc1ccc(Cl)cc1. The van der Waals surface area contributed by atoms with Crippen LogP contribution < -0.4 is 20.1 Å². The molecule has 0 spiro atoms. The van der Waals surface area contributed by atoms with E-state index in [1.165, 1.54) is 16.7 Å². The van der Waals surface area contributed by atoms with Crippen LogP contribution in [0.25, 0.3) is 0 Å². The Balaban J connectivity index is 1.51. The molecule has 0 bridgehead atoms. The zero-order chi connectivity index (χ0) is 27.1. The van der Waals surface area contributed by atoms with Crippen LogP contribution in [0.3, 0.4) is 0 Å². The average Bonchev–Trinajstić information content (AvgIpc) is 3.47. The van der Waals surface area contributed by atoms with Crippen LogP contribution in [-0.4, -0.2) is 54.5 Å². The van der Waals surface area contributed by atoms with Gasteiger partial charge in [0.25, 0.3) is 5.91 Å². The molecule has 1 aliphatic rings. The maximum atomic E-state index is 13.1. The molecule has 14 heteroatoms. The molecular weight excluding hydrogens is 597 g/mol. The molecule has 4 rings (SSSR count). The molecule has 0 aliphatic carbocycles. The molecule has 0 radical (unpaired) electrons. The van der Waals surface area contributed by atoms with Gasteiger partial charge in [-0.05, 0) is 52.2 Å². The number of nitrogens with one attached hydrogen (secondary N) is 2. The quantitative estimate of drug-likeness (QED) is 0.289. The Morgan fingerprint density at radius 1 is 1.24 bits per heavy atom. The van der Waals surface area contributed by atoms with Crippen LogP contribution in [0.4, 0.5) is 13.2 Å². The Bertz CT molecular complexity index is 1240. The minimum Gasteiger partial charge on any atom is -0.425 e. The summed E-state index contributed by atoms with van der Waals surface area (Å²) in [6.07, 6.45) is -4.77. The van der Waals surface area contributed by atoms with Crippen molar-refractivity contribution >= 4 is 33.4 Å². The van der Waals surface area contributed by atoms with Crippen LogP contribution in [0.1, 0.15) is 22.5 Å². The minimum absolute atomic E-state index is 0.0195. The van der Waals surface area contributed by atoms with E-state index in [9.17, 15) is 18.0 Å². The van der Waals surface area contributed by atoms with E-state index in [4.69, 9.17) is 25.8 Å².